The fraction of sp³-hybridized carbons (Fsp3) is 0.591. The Balaban J connectivity index is 1.35. The third-order valence-corrected chi connectivity index (χ3v) is 6.36. The van der Waals surface area contributed by atoms with Gasteiger partial charge in [-0.25, -0.2) is 0 Å². The van der Waals surface area contributed by atoms with Crippen LogP contribution in [0.5, 0.6) is 0 Å². The van der Waals surface area contributed by atoms with E-state index >= 15 is 0 Å². The molecule has 7 nitrogen and oxygen atoms in total. The van der Waals surface area contributed by atoms with Crippen LogP contribution in [-0.4, -0.2) is 60.8 Å². The number of nitrogens with zero attached hydrogens (tertiary/aromatic N) is 3. The molecular weight excluding hydrogens is 366 g/mol. The second kappa shape index (κ2) is 8.43. The van der Waals surface area contributed by atoms with E-state index in [-0.39, 0.29) is 17.2 Å². The maximum Gasteiger partial charge on any atom is 0.222 e. The summed E-state index contributed by atoms with van der Waals surface area (Å²) in [6.07, 6.45) is 4.44. The van der Waals surface area contributed by atoms with Crippen LogP contribution in [0.15, 0.2) is 29.3 Å². The number of piperidine rings is 1. The van der Waals surface area contributed by atoms with Crippen molar-refractivity contribution in [3.8, 4) is 0 Å². The average Bonchev–Trinajstić information content (AvgIpc) is 3.28. The SMILES string of the molecule is CN=C(NCc1cccc(CN2CCCC2=O)c1)N1CCCC2(CNC(=O)C2)C1. The molecule has 3 heterocycles. The van der Waals surface area contributed by atoms with E-state index < -0.39 is 0 Å². The largest absolute Gasteiger partial charge is 0.355 e. The zero-order chi connectivity index (χ0) is 20.3. The van der Waals surface area contributed by atoms with Gasteiger partial charge in [0.25, 0.3) is 0 Å². The third kappa shape index (κ3) is 4.54. The van der Waals surface area contributed by atoms with Gasteiger partial charge in [-0.05, 0) is 30.4 Å². The number of amides is 2. The number of rotatable bonds is 4. The van der Waals surface area contributed by atoms with Crippen molar-refractivity contribution in [3.05, 3.63) is 35.4 Å². The van der Waals surface area contributed by atoms with Crippen LogP contribution in [0.4, 0.5) is 0 Å². The molecule has 1 unspecified atom stereocenters. The van der Waals surface area contributed by atoms with Gasteiger partial charge in [-0.2, -0.15) is 0 Å². The molecule has 29 heavy (non-hydrogen) atoms. The van der Waals surface area contributed by atoms with Crippen LogP contribution in [0.25, 0.3) is 0 Å². The lowest BCUT2D eigenvalue weighted by Crippen LogP contribution is -2.51. The van der Waals surface area contributed by atoms with Crippen molar-refractivity contribution >= 4 is 17.8 Å². The Morgan fingerprint density at radius 2 is 2.10 bits per heavy atom. The van der Waals surface area contributed by atoms with Crippen molar-refractivity contribution in [3.63, 3.8) is 0 Å². The van der Waals surface area contributed by atoms with Crippen LogP contribution in [0.3, 0.4) is 0 Å². The molecule has 3 aliphatic heterocycles. The van der Waals surface area contributed by atoms with Crippen LogP contribution in [0, 0.1) is 5.41 Å². The van der Waals surface area contributed by atoms with Crippen molar-refractivity contribution in [2.24, 2.45) is 10.4 Å². The highest BCUT2D eigenvalue weighted by Gasteiger charge is 2.42. The summed E-state index contributed by atoms with van der Waals surface area (Å²) in [4.78, 5) is 32.4. The van der Waals surface area contributed by atoms with Crippen molar-refractivity contribution in [1.29, 1.82) is 0 Å². The van der Waals surface area contributed by atoms with Crippen LogP contribution in [-0.2, 0) is 22.7 Å². The summed E-state index contributed by atoms with van der Waals surface area (Å²) in [5, 5.41) is 6.49. The molecule has 1 spiro atoms. The molecule has 1 aromatic carbocycles. The second-order valence-electron chi connectivity index (χ2n) is 8.62. The summed E-state index contributed by atoms with van der Waals surface area (Å²) >= 11 is 0. The number of hydrogen-bond donors (Lipinski definition) is 2. The second-order valence-corrected chi connectivity index (χ2v) is 8.62. The molecule has 3 aliphatic rings. The van der Waals surface area contributed by atoms with Gasteiger partial charge >= 0.3 is 0 Å². The van der Waals surface area contributed by atoms with E-state index in [0.29, 0.717) is 25.9 Å². The number of nitrogens with one attached hydrogen (secondary N) is 2. The normalized spacial score (nSPS) is 25.1. The fourth-order valence-electron chi connectivity index (χ4n) is 4.87. The van der Waals surface area contributed by atoms with Crippen molar-refractivity contribution in [1.82, 2.24) is 20.4 Å². The van der Waals surface area contributed by atoms with E-state index in [1.54, 1.807) is 0 Å². The van der Waals surface area contributed by atoms with Gasteiger partial charge < -0.3 is 20.4 Å². The Morgan fingerprint density at radius 1 is 1.24 bits per heavy atom. The first kappa shape index (κ1) is 19.7. The first-order chi connectivity index (χ1) is 14.1. The van der Waals surface area contributed by atoms with Gasteiger partial charge in [0.05, 0.1) is 0 Å². The number of guanidine groups is 1. The summed E-state index contributed by atoms with van der Waals surface area (Å²) < 4.78 is 0. The van der Waals surface area contributed by atoms with Crippen LogP contribution in [0.2, 0.25) is 0 Å². The van der Waals surface area contributed by atoms with Crippen molar-refractivity contribution in [2.45, 2.75) is 45.2 Å². The summed E-state index contributed by atoms with van der Waals surface area (Å²) in [5.41, 5.74) is 2.40. The Hall–Kier alpha value is -2.57. The topological polar surface area (TPSA) is 77.0 Å². The highest BCUT2D eigenvalue weighted by atomic mass is 16.2. The lowest BCUT2D eigenvalue weighted by Gasteiger charge is -2.40. The molecule has 2 amide bonds. The lowest BCUT2D eigenvalue weighted by atomic mass is 9.79. The summed E-state index contributed by atoms with van der Waals surface area (Å²) in [6, 6.07) is 8.42. The standard InChI is InChI=1S/C22H31N5O2/c1-23-21(27-10-4-8-22(16-27)12-19(28)25-15-22)24-13-17-5-2-6-18(11-17)14-26-9-3-7-20(26)29/h2,5-6,11H,3-4,7-10,12-16H2,1H3,(H,23,24)(H,25,28). The molecule has 0 aromatic heterocycles. The maximum absolute atomic E-state index is 11.9. The number of benzene rings is 1. The maximum atomic E-state index is 11.9. The number of likely N-dealkylation sites (tertiary alicyclic amines) is 2. The molecule has 2 N–H and O–H groups in total. The van der Waals surface area contributed by atoms with Gasteiger partial charge in [-0.15, -0.1) is 0 Å². The molecule has 1 atom stereocenters. The Morgan fingerprint density at radius 3 is 2.83 bits per heavy atom. The number of carbonyl (C=O) groups is 2. The monoisotopic (exact) mass is 397 g/mol. The minimum Gasteiger partial charge on any atom is -0.355 e. The van der Waals surface area contributed by atoms with E-state index in [2.05, 4.69) is 44.8 Å². The Bertz CT molecular complexity index is 808. The highest BCUT2D eigenvalue weighted by molar-refractivity contribution is 5.81. The van der Waals surface area contributed by atoms with Gasteiger partial charge in [0, 0.05) is 64.6 Å². The Kier molecular flexibility index (Phi) is 5.74. The summed E-state index contributed by atoms with van der Waals surface area (Å²) in [7, 11) is 1.82. The van der Waals surface area contributed by atoms with Gasteiger partial charge in [0.2, 0.25) is 11.8 Å². The van der Waals surface area contributed by atoms with Crippen LogP contribution < -0.4 is 10.6 Å². The summed E-state index contributed by atoms with van der Waals surface area (Å²) in [5.74, 6) is 1.32. The predicted molar refractivity (Wildman–Crippen MR) is 112 cm³/mol. The number of aliphatic imine (C=N–C) groups is 1. The van der Waals surface area contributed by atoms with E-state index in [4.69, 9.17) is 0 Å². The molecule has 7 heteroatoms. The van der Waals surface area contributed by atoms with Gasteiger partial charge in [-0.3, -0.25) is 14.6 Å². The van der Waals surface area contributed by atoms with E-state index in [1.165, 1.54) is 11.1 Å². The molecule has 1 aromatic rings. The first-order valence-electron chi connectivity index (χ1n) is 10.6. The average molecular weight is 398 g/mol. The van der Waals surface area contributed by atoms with E-state index in [1.807, 2.05) is 11.9 Å². The van der Waals surface area contributed by atoms with E-state index in [0.717, 1.165) is 51.4 Å². The molecule has 4 rings (SSSR count). The molecule has 0 radical (unpaired) electrons. The fourth-order valence-corrected chi connectivity index (χ4v) is 4.87. The van der Waals surface area contributed by atoms with Crippen LogP contribution >= 0.6 is 0 Å². The highest BCUT2D eigenvalue weighted by Crippen LogP contribution is 2.36. The first-order valence-corrected chi connectivity index (χ1v) is 10.6. The zero-order valence-electron chi connectivity index (χ0n) is 17.2. The van der Waals surface area contributed by atoms with Crippen LogP contribution in [0.1, 0.15) is 43.2 Å². The summed E-state index contributed by atoms with van der Waals surface area (Å²) in [6.45, 7) is 4.85. The molecule has 0 bridgehead atoms. The molecule has 3 saturated heterocycles. The van der Waals surface area contributed by atoms with Gasteiger partial charge in [-0.1, -0.05) is 24.3 Å². The van der Waals surface area contributed by atoms with Crippen molar-refractivity contribution < 1.29 is 9.59 Å². The molecular formula is C22H31N5O2. The predicted octanol–water partition coefficient (Wildman–Crippen LogP) is 1.49. The number of carbonyl (C=O) groups excluding carboxylic acids is 2. The molecule has 0 saturated carbocycles. The third-order valence-electron chi connectivity index (χ3n) is 6.36. The molecule has 3 fully saturated rings. The zero-order valence-corrected chi connectivity index (χ0v) is 17.2. The minimum absolute atomic E-state index is 0.0507. The molecule has 156 valence electrons. The molecule has 0 aliphatic carbocycles. The quantitative estimate of drug-likeness (QED) is 0.596. The van der Waals surface area contributed by atoms with Gasteiger partial charge in [0.15, 0.2) is 5.96 Å². The van der Waals surface area contributed by atoms with Gasteiger partial charge in [0.1, 0.15) is 0 Å². The Labute approximate surface area is 172 Å². The lowest BCUT2D eigenvalue weighted by molar-refractivity contribution is -0.128. The van der Waals surface area contributed by atoms with Crippen molar-refractivity contribution in [2.75, 3.05) is 33.2 Å². The smallest absolute Gasteiger partial charge is 0.222 e. The van der Waals surface area contributed by atoms with E-state index in [9.17, 15) is 9.59 Å². The number of hydrogen-bond acceptors (Lipinski definition) is 3. The minimum atomic E-state index is 0.0507.